The lowest BCUT2D eigenvalue weighted by atomic mass is 9.96. The van der Waals surface area contributed by atoms with E-state index in [9.17, 15) is 24.3 Å². The SMILES string of the molecule is CCN(CC)C(=O)c1ccc(/C(=C/CN(C)C)c2cccc(O)c2)cc1.O=C(O)CC(O)(CC(=O)O)C(=O)O. The van der Waals surface area contributed by atoms with E-state index in [0.717, 1.165) is 23.2 Å². The first kappa shape index (κ1) is 32.8. The fraction of sp³-hybridized carbons (Fsp3) is 0.357. The van der Waals surface area contributed by atoms with Crippen LogP contribution in [0.2, 0.25) is 0 Å². The molecule has 0 radical (unpaired) electrons. The van der Waals surface area contributed by atoms with Crippen LogP contribution in [0.15, 0.2) is 54.6 Å². The van der Waals surface area contributed by atoms with E-state index in [1.165, 1.54) is 0 Å². The Bertz CT molecular complexity index is 1150. The van der Waals surface area contributed by atoms with Crippen LogP contribution in [0.25, 0.3) is 5.57 Å². The van der Waals surface area contributed by atoms with Crippen LogP contribution in [0, 0.1) is 0 Å². The predicted molar refractivity (Wildman–Crippen MR) is 145 cm³/mol. The molecule has 0 saturated carbocycles. The molecule has 0 atom stereocenters. The minimum Gasteiger partial charge on any atom is -0.508 e. The minimum atomic E-state index is -2.74. The monoisotopic (exact) mass is 544 g/mol. The molecule has 5 N–H and O–H groups in total. The van der Waals surface area contributed by atoms with Crippen LogP contribution < -0.4 is 0 Å². The van der Waals surface area contributed by atoms with E-state index in [1.54, 1.807) is 12.1 Å². The number of phenolic OH excluding ortho intramolecular Hbond substituents is 1. The third kappa shape index (κ3) is 10.6. The van der Waals surface area contributed by atoms with Gasteiger partial charge in [-0.3, -0.25) is 14.4 Å². The lowest BCUT2D eigenvalue weighted by molar-refractivity contribution is -0.170. The van der Waals surface area contributed by atoms with Crippen molar-refractivity contribution < 1.29 is 44.7 Å². The number of nitrogens with zero attached hydrogens (tertiary/aromatic N) is 2. The molecule has 1 amide bonds. The third-order valence-corrected chi connectivity index (χ3v) is 5.60. The van der Waals surface area contributed by atoms with Gasteiger partial charge in [-0.15, -0.1) is 0 Å². The summed E-state index contributed by atoms with van der Waals surface area (Å²) in [7, 11) is 4.03. The zero-order valence-electron chi connectivity index (χ0n) is 22.5. The van der Waals surface area contributed by atoms with Crippen LogP contribution in [0.4, 0.5) is 0 Å². The van der Waals surface area contributed by atoms with E-state index in [2.05, 4.69) is 11.0 Å². The van der Waals surface area contributed by atoms with E-state index < -0.39 is 36.4 Å². The van der Waals surface area contributed by atoms with E-state index in [0.29, 0.717) is 18.7 Å². The van der Waals surface area contributed by atoms with Crippen molar-refractivity contribution in [1.82, 2.24) is 9.80 Å². The summed E-state index contributed by atoms with van der Waals surface area (Å²) in [5.74, 6) is -4.72. The van der Waals surface area contributed by atoms with Gasteiger partial charge in [0.2, 0.25) is 0 Å². The number of amides is 1. The number of carbonyl (C=O) groups excluding carboxylic acids is 1. The van der Waals surface area contributed by atoms with E-state index >= 15 is 0 Å². The number of aliphatic carboxylic acids is 3. The Labute approximate surface area is 227 Å². The summed E-state index contributed by atoms with van der Waals surface area (Å²) < 4.78 is 0. The number of hydrogen-bond donors (Lipinski definition) is 5. The number of carboxylic acids is 3. The van der Waals surface area contributed by atoms with E-state index in [1.807, 2.05) is 69.2 Å². The second-order valence-electron chi connectivity index (χ2n) is 8.96. The summed E-state index contributed by atoms with van der Waals surface area (Å²) in [6.07, 6.45) is -0.154. The Hall–Kier alpha value is -4.22. The van der Waals surface area contributed by atoms with Gasteiger partial charge in [0.25, 0.3) is 5.91 Å². The van der Waals surface area contributed by atoms with Crippen molar-refractivity contribution in [3.05, 3.63) is 71.3 Å². The van der Waals surface area contributed by atoms with Gasteiger partial charge in [0.15, 0.2) is 5.60 Å². The normalized spacial score (nSPS) is 11.4. The highest BCUT2D eigenvalue weighted by molar-refractivity contribution is 5.95. The van der Waals surface area contributed by atoms with Crippen LogP contribution >= 0.6 is 0 Å². The molecule has 0 unspecified atom stereocenters. The first-order chi connectivity index (χ1) is 18.2. The maximum Gasteiger partial charge on any atom is 0.336 e. The molecule has 11 heteroatoms. The molecular weight excluding hydrogens is 508 g/mol. The Morgan fingerprint density at radius 3 is 1.74 bits per heavy atom. The lowest BCUT2D eigenvalue weighted by Gasteiger charge is -2.19. The first-order valence-electron chi connectivity index (χ1n) is 12.2. The standard InChI is InChI=1S/C22H28N2O2.C6H8O7/c1-5-24(6-2)22(26)18-12-10-17(11-13-18)21(14-15-23(3)4)19-8-7-9-20(25)16-19;7-3(8)1-6(13,5(11)12)2-4(9)10/h7-14,16,25H,5-6,15H2,1-4H3;13H,1-2H2,(H,7,8)(H,9,10)(H,11,12)/b21-14-;. The number of carbonyl (C=O) groups is 4. The molecule has 11 nitrogen and oxygen atoms in total. The fourth-order valence-corrected chi connectivity index (χ4v) is 3.55. The largest absolute Gasteiger partial charge is 0.508 e. The zero-order valence-corrected chi connectivity index (χ0v) is 22.5. The lowest BCUT2D eigenvalue weighted by Crippen LogP contribution is -2.42. The van der Waals surface area contributed by atoms with Gasteiger partial charge in [-0.2, -0.15) is 0 Å². The van der Waals surface area contributed by atoms with Crippen molar-refractivity contribution in [2.24, 2.45) is 0 Å². The molecule has 0 fully saturated rings. The smallest absolute Gasteiger partial charge is 0.336 e. The number of aromatic hydroxyl groups is 1. The molecule has 2 aromatic carbocycles. The molecule has 0 aromatic heterocycles. The second-order valence-corrected chi connectivity index (χ2v) is 8.96. The molecule has 0 spiro atoms. The van der Waals surface area contributed by atoms with Gasteiger partial charge < -0.3 is 35.3 Å². The number of carboxylic acid groups (broad SMARTS) is 3. The second kappa shape index (κ2) is 15.3. The highest BCUT2D eigenvalue weighted by Crippen LogP contribution is 2.26. The van der Waals surface area contributed by atoms with Crippen LogP contribution in [0.5, 0.6) is 5.75 Å². The van der Waals surface area contributed by atoms with Gasteiger partial charge >= 0.3 is 17.9 Å². The first-order valence-corrected chi connectivity index (χ1v) is 12.2. The number of benzene rings is 2. The quantitative estimate of drug-likeness (QED) is 0.267. The molecule has 0 heterocycles. The number of likely N-dealkylation sites (N-methyl/N-ethyl adjacent to an activating group) is 1. The molecule has 0 aliphatic carbocycles. The number of phenols is 1. The maximum atomic E-state index is 12.5. The molecule has 39 heavy (non-hydrogen) atoms. The van der Waals surface area contributed by atoms with Gasteiger partial charge in [-0.1, -0.05) is 30.3 Å². The van der Waals surface area contributed by atoms with E-state index in [4.69, 9.17) is 20.4 Å². The zero-order chi connectivity index (χ0) is 29.8. The fourth-order valence-electron chi connectivity index (χ4n) is 3.55. The van der Waals surface area contributed by atoms with Gasteiger partial charge in [0, 0.05) is 25.2 Å². The minimum absolute atomic E-state index is 0.0535. The van der Waals surface area contributed by atoms with Crippen LogP contribution in [-0.4, -0.2) is 98.5 Å². The van der Waals surface area contributed by atoms with Crippen molar-refractivity contribution in [3.8, 4) is 5.75 Å². The van der Waals surface area contributed by atoms with E-state index in [-0.39, 0.29) is 11.7 Å². The summed E-state index contributed by atoms with van der Waals surface area (Å²) in [6.45, 7) is 6.16. The summed E-state index contributed by atoms with van der Waals surface area (Å²) in [6, 6.07) is 15.0. The molecule has 2 aromatic rings. The summed E-state index contributed by atoms with van der Waals surface area (Å²) in [5.41, 5.74) is 0.970. The van der Waals surface area contributed by atoms with Gasteiger partial charge in [-0.25, -0.2) is 4.79 Å². The number of hydrogen-bond acceptors (Lipinski definition) is 7. The predicted octanol–water partition coefficient (Wildman–Crippen LogP) is 2.62. The maximum absolute atomic E-state index is 12.5. The molecule has 0 aliphatic rings. The van der Waals surface area contributed by atoms with Crippen molar-refractivity contribution >= 4 is 29.4 Å². The molecule has 0 saturated heterocycles. The Morgan fingerprint density at radius 1 is 0.821 bits per heavy atom. The Kier molecular flexibility index (Phi) is 12.8. The van der Waals surface area contributed by atoms with Gasteiger partial charge in [-0.05, 0) is 68.9 Å². The molecule has 2 rings (SSSR count). The van der Waals surface area contributed by atoms with Gasteiger partial charge in [0.05, 0.1) is 12.8 Å². The van der Waals surface area contributed by atoms with Crippen LogP contribution in [0.3, 0.4) is 0 Å². The molecule has 0 aliphatic heterocycles. The van der Waals surface area contributed by atoms with Gasteiger partial charge in [0.1, 0.15) is 5.75 Å². The average molecular weight is 545 g/mol. The average Bonchev–Trinajstić information content (AvgIpc) is 2.84. The number of aliphatic hydroxyl groups is 1. The topological polar surface area (TPSA) is 176 Å². The van der Waals surface area contributed by atoms with Crippen LogP contribution in [0.1, 0.15) is 48.2 Å². The third-order valence-electron chi connectivity index (χ3n) is 5.60. The van der Waals surface area contributed by atoms with Crippen molar-refractivity contribution in [2.45, 2.75) is 32.3 Å². The number of rotatable bonds is 12. The highest BCUT2D eigenvalue weighted by atomic mass is 16.4. The molecular formula is C28H36N2O9. The Morgan fingerprint density at radius 2 is 1.33 bits per heavy atom. The Balaban J connectivity index is 0.000000495. The van der Waals surface area contributed by atoms with Crippen molar-refractivity contribution in [2.75, 3.05) is 33.7 Å². The molecule has 212 valence electrons. The summed E-state index contributed by atoms with van der Waals surface area (Å²) >= 11 is 0. The summed E-state index contributed by atoms with van der Waals surface area (Å²) in [5, 5.41) is 43.6. The van der Waals surface area contributed by atoms with Crippen molar-refractivity contribution in [3.63, 3.8) is 0 Å². The highest BCUT2D eigenvalue weighted by Gasteiger charge is 2.40. The summed E-state index contributed by atoms with van der Waals surface area (Å²) in [4.78, 5) is 46.9. The van der Waals surface area contributed by atoms with Crippen molar-refractivity contribution in [1.29, 1.82) is 0 Å². The molecule has 0 bridgehead atoms. The van der Waals surface area contributed by atoms with Crippen LogP contribution in [-0.2, 0) is 14.4 Å².